The second-order valence-electron chi connectivity index (χ2n) is 6.95. The molecule has 2 atom stereocenters. The van der Waals surface area contributed by atoms with Crippen molar-refractivity contribution < 1.29 is 4.74 Å². The van der Waals surface area contributed by atoms with Crippen molar-refractivity contribution in [3.8, 4) is 5.88 Å². The molecular weight excluding hydrogens is 368 g/mol. The highest BCUT2D eigenvalue weighted by molar-refractivity contribution is 7.99. The molecule has 0 amide bonds. The van der Waals surface area contributed by atoms with Gasteiger partial charge in [-0.05, 0) is 44.1 Å². The van der Waals surface area contributed by atoms with Crippen LogP contribution in [0.25, 0.3) is 0 Å². The predicted molar refractivity (Wildman–Crippen MR) is 118 cm³/mol. The molecule has 0 bridgehead atoms. The first-order valence-corrected chi connectivity index (χ1v) is 11.3. The van der Waals surface area contributed by atoms with Gasteiger partial charge in [-0.25, -0.2) is 9.98 Å². The van der Waals surface area contributed by atoms with Gasteiger partial charge >= 0.3 is 0 Å². The number of nitrogens with one attached hydrogen (secondary N) is 2. The van der Waals surface area contributed by atoms with Crippen LogP contribution in [0.5, 0.6) is 5.88 Å². The molecule has 28 heavy (non-hydrogen) atoms. The third-order valence-corrected chi connectivity index (χ3v) is 5.97. The number of aliphatic imine (C=N–C) groups is 1. The Labute approximate surface area is 172 Å². The fourth-order valence-corrected chi connectivity index (χ4v) is 4.16. The lowest BCUT2D eigenvalue weighted by molar-refractivity contribution is 0.290. The summed E-state index contributed by atoms with van der Waals surface area (Å²) >= 11 is 1.97. The highest BCUT2D eigenvalue weighted by Crippen LogP contribution is 2.28. The maximum absolute atomic E-state index is 5.95. The molecule has 1 aromatic carbocycles. The van der Waals surface area contributed by atoms with E-state index in [2.05, 4.69) is 40.9 Å². The highest BCUT2D eigenvalue weighted by Gasteiger charge is 2.24. The van der Waals surface area contributed by atoms with Gasteiger partial charge in [0.2, 0.25) is 5.88 Å². The summed E-state index contributed by atoms with van der Waals surface area (Å²) in [4.78, 5) is 9.19. The number of nitrogens with zero attached hydrogens (tertiary/aromatic N) is 2. The number of hydrogen-bond donors (Lipinski definition) is 2. The molecule has 0 radical (unpaired) electrons. The number of benzene rings is 1. The van der Waals surface area contributed by atoms with Crippen molar-refractivity contribution in [2.75, 3.05) is 12.8 Å². The second kappa shape index (κ2) is 11.0. The van der Waals surface area contributed by atoms with E-state index in [0.29, 0.717) is 25.1 Å². The topological polar surface area (TPSA) is 58.5 Å². The van der Waals surface area contributed by atoms with E-state index >= 15 is 0 Å². The Morgan fingerprint density at radius 3 is 2.82 bits per heavy atom. The van der Waals surface area contributed by atoms with E-state index in [1.165, 1.54) is 19.3 Å². The average Bonchev–Trinajstić information content (AvgIpc) is 3.19. The minimum absolute atomic E-state index is 0.498. The largest absolute Gasteiger partial charge is 0.473 e. The summed E-state index contributed by atoms with van der Waals surface area (Å²) in [6, 6.07) is 14.6. The lowest BCUT2D eigenvalue weighted by Crippen LogP contribution is -2.42. The smallest absolute Gasteiger partial charge is 0.218 e. The molecule has 2 aromatic rings. The van der Waals surface area contributed by atoms with E-state index in [-0.39, 0.29) is 0 Å². The van der Waals surface area contributed by atoms with Gasteiger partial charge in [-0.3, -0.25) is 0 Å². The quantitative estimate of drug-likeness (QED) is 0.520. The third-order valence-electron chi connectivity index (χ3n) is 4.88. The first-order chi connectivity index (χ1) is 13.8. The molecule has 2 N–H and O–H groups in total. The SMILES string of the molecule is CCNC(=NCc1cccnc1OCc1ccccc1)NC1CCC(SC)C1. The van der Waals surface area contributed by atoms with E-state index < -0.39 is 0 Å². The molecule has 150 valence electrons. The Balaban J connectivity index is 1.62. The van der Waals surface area contributed by atoms with Crippen molar-refractivity contribution in [1.29, 1.82) is 0 Å². The first-order valence-electron chi connectivity index (χ1n) is 9.96. The molecule has 1 saturated carbocycles. The number of thioether (sulfide) groups is 1. The molecule has 5 nitrogen and oxygen atoms in total. The lowest BCUT2D eigenvalue weighted by Gasteiger charge is -2.17. The summed E-state index contributed by atoms with van der Waals surface area (Å²) < 4.78 is 5.95. The van der Waals surface area contributed by atoms with Crippen LogP contribution in [-0.4, -0.2) is 35.0 Å². The van der Waals surface area contributed by atoms with Crippen LogP contribution in [-0.2, 0) is 13.2 Å². The van der Waals surface area contributed by atoms with E-state index in [9.17, 15) is 0 Å². The van der Waals surface area contributed by atoms with Gasteiger partial charge in [0.05, 0.1) is 6.54 Å². The van der Waals surface area contributed by atoms with Crippen molar-refractivity contribution >= 4 is 17.7 Å². The monoisotopic (exact) mass is 398 g/mol. The van der Waals surface area contributed by atoms with Gasteiger partial charge < -0.3 is 15.4 Å². The van der Waals surface area contributed by atoms with Gasteiger partial charge in [0.25, 0.3) is 0 Å². The van der Waals surface area contributed by atoms with Crippen molar-refractivity contribution in [2.45, 2.75) is 50.6 Å². The molecule has 0 aliphatic heterocycles. The molecule has 2 unspecified atom stereocenters. The van der Waals surface area contributed by atoms with Crippen LogP contribution in [0.3, 0.4) is 0 Å². The highest BCUT2D eigenvalue weighted by atomic mass is 32.2. The van der Waals surface area contributed by atoms with Crippen LogP contribution in [0.4, 0.5) is 0 Å². The van der Waals surface area contributed by atoms with Crippen LogP contribution in [0.1, 0.15) is 37.3 Å². The van der Waals surface area contributed by atoms with Crippen LogP contribution in [0.2, 0.25) is 0 Å². The fraction of sp³-hybridized carbons (Fsp3) is 0.455. The lowest BCUT2D eigenvalue weighted by atomic mass is 10.2. The van der Waals surface area contributed by atoms with Gasteiger partial charge in [-0.1, -0.05) is 36.4 Å². The van der Waals surface area contributed by atoms with Crippen molar-refractivity contribution in [2.24, 2.45) is 4.99 Å². The number of hydrogen-bond acceptors (Lipinski definition) is 4. The van der Waals surface area contributed by atoms with Gasteiger partial charge in [0, 0.05) is 29.6 Å². The Morgan fingerprint density at radius 1 is 1.21 bits per heavy atom. The molecule has 1 aliphatic rings. The van der Waals surface area contributed by atoms with E-state index in [4.69, 9.17) is 9.73 Å². The minimum Gasteiger partial charge on any atom is -0.473 e. The maximum Gasteiger partial charge on any atom is 0.218 e. The van der Waals surface area contributed by atoms with Gasteiger partial charge in [-0.2, -0.15) is 11.8 Å². The third kappa shape index (κ3) is 6.16. The molecule has 1 aromatic heterocycles. The van der Waals surface area contributed by atoms with Gasteiger partial charge in [-0.15, -0.1) is 0 Å². The zero-order valence-electron chi connectivity index (χ0n) is 16.7. The zero-order valence-corrected chi connectivity index (χ0v) is 17.5. The van der Waals surface area contributed by atoms with Gasteiger partial charge in [0.1, 0.15) is 6.61 Å². The Hall–Kier alpha value is -2.21. The molecule has 1 heterocycles. The molecule has 1 aliphatic carbocycles. The number of rotatable bonds is 8. The first kappa shape index (κ1) is 20.5. The van der Waals surface area contributed by atoms with E-state index in [1.807, 2.05) is 42.1 Å². The maximum atomic E-state index is 5.95. The summed E-state index contributed by atoms with van der Waals surface area (Å²) in [6.07, 6.45) is 7.64. The summed E-state index contributed by atoms with van der Waals surface area (Å²) in [5.41, 5.74) is 2.12. The Morgan fingerprint density at radius 2 is 2.07 bits per heavy atom. The summed E-state index contributed by atoms with van der Waals surface area (Å²) in [6.45, 7) is 3.97. The number of pyridine rings is 1. The van der Waals surface area contributed by atoms with Crippen LogP contribution in [0, 0.1) is 0 Å². The molecule has 0 saturated heterocycles. The van der Waals surface area contributed by atoms with E-state index in [1.54, 1.807) is 6.20 Å². The zero-order chi connectivity index (χ0) is 19.6. The molecule has 3 rings (SSSR count). The van der Waals surface area contributed by atoms with Gasteiger partial charge in [0.15, 0.2) is 5.96 Å². The Bertz CT molecular complexity index is 753. The number of guanidine groups is 1. The Kier molecular flexibility index (Phi) is 8.03. The van der Waals surface area contributed by atoms with Crippen molar-refractivity contribution in [1.82, 2.24) is 15.6 Å². The van der Waals surface area contributed by atoms with Crippen LogP contribution < -0.4 is 15.4 Å². The van der Waals surface area contributed by atoms with Crippen LogP contribution in [0.15, 0.2) is 53.7 Å². The number of ether oxygens (including phenoxy) is 1. The summed E-state index contributed by atoms with van der Waals surface area (Å²) in [5, 5.41) is 7.71. The molecular formula is C22H30N4OS. The number of aromatic nitrogens is 1. The molecule has 1 fully saturated rings. The summed E-state index contributed by atoms with van der Waals surface area (Å²) in [7, 11) is 0. The normalized spacial score (nSPS) is 19.4. The standard InChI is InChI=1S/C22H30N4OS/c1-3-23-22(26-19-11-12-20(14-19)28-2)25-15-18-10-7-13-24-21(18)27-16-17-8-5-4-6-9-17/h4-10,13,19-20H,3,11-12,14-16H2,1-2H3,(H2,23,25,26). The predicted octanol–water partition coefficient (Wildman–Crippen LogP) is 4.00. The average molecular weight is 399 g/mol. The fourth-order valence-electron chi connectivity index (χ4n) is 3.36. The van der Waals surface area contributed by atoms with Crippen LogP contribution >= 0.6 is 11.8 Å². The van der Waals surface area contributed by atoms with Crippen molar-refractivity contribution in [3.63, 3.8) is 0 Å². The summed E-state index contributed by atoms with van der Waals surface area (Å²) in [5.74, 6) is 1.52. The second-order valence-corrected chi connectivity index (χ2v) is 8.09. The molecule has 0 spiro atoms. The van der Waals surface area contributed by atoms with Crippen molar-refractivity contribution in [3.05, 3.63) is 59.8 Å². The molecule has 6 heteroatoms. The minimum atomic E-state index is 0.498. The van der Waals surface area contributed by atoms with E-state index in [0.717, 1.165) is 28.9 Å².